The van der Waals surface area contributed by atoms with Crippen LogP contribution in [0.4, 0.5) is 5.82 Å². The molecule has 1 atom stereocenters. The largest absolute Gasteiger partial charge is 0.389 e. The van der Waals surface area contributed by atoms with Crippen LogP contribution in [0.1, 0.15) is 51.4 Å². The molecular weight excluding hydrogens is 292 g/mol. The van der Waals surface area contributed by atoms with E-state index in [-0.39, 0.29) is 5.56 Å². The van der Waals surface area contributed by atoms with E-state index < -0.39 is 5.60 Å². The number of aromatic amines is 1. The Balaban J connectivity index is 1.56. The Kier molecular flexibility index (Phi) is 5.33. The lowest BCUT2D eigenvalue weighted by Crippen LogP contribution is -2.50. The molecule has 2 heterocycles. The zero-order valence-corrected chi connectivity index (χ0v) is 13.8. The van der Waals surface area contributed by atoms with Gasteiger partial charge in [0.1, 0.15) is 5.82 Å². The fourth-order valence-corrected chi connectivity index (χ4v) is 3.87. The van der Waals surface area contributed by atoms with E-state index in [4.69, 9.17) is 0 Å². The monoisotopic (exact) mass is 320 g/mol. The van der Waals surface area contributed by atoms with Crippen molar-refractivity contribution in [3.8, 4) is 0 Å². The highest BCUT2D eigenvalue weighted by Gasteiger charge is 2.30. The molecular formula is C17H28N4O2. The first-order valence-corrected chi connectivity index (χ1v) is 8.92. The van der Waals surface area contributed by atoms with E-state index in [0.717, 1.165) is 57.4 Å². The normalized spacial score (nSPS) is 24.6. The Morgan fingerprint density at radius 1 is 1.26 bits per heavy atom. The van der Waals surface area contributed by atoms with Gasteiger partial charge < -0.3 is 15.3 Å². The number of hydrogen-bond acceptors (Lipinski definition) is 5. The summed E-state index contributed by atoms with van der Waals surface area (Å²) in [5, 5.41) is 20.8. The number of H-pyrrole nitrogens is 1. The third kappa shape index (κ3) is 4.32. The van der Waals surface area contributed by atoms with Crippen LogP contribution in [0.15, 0.2) is 16.9 Å². The molecule has 6 nitrogen and oxygen atoms in total. The fourth-order valence-electron chi connectivity index (χ4n) is 3.87. The van der Waals surface area contributed by atoms with Gasteiger partial charge in [-0.1, -0.05) is 19.3 Å². The molecule has 23 heavy (non-hydrogen) atoms. The van der Waals surface area contributed by atoms with Crippen molar-refractivity contribution in [1.82, 2.24) is 15.5 Å². The molecule has 3 N–H and O–H groups in total. The third-order valence-corrected chi connectivity index (χ3v) is 5.20. The molecule has 128 valence electrons. The van der Waals surface area contributed by atoms with Gasteiger partial charge >= 0.3 is 0 Å². The van der Waals surface area contributed by atoms with Gasteiger partial charge in [-0.2, -0.15) is 5.10 Å². The topological polar surface area (TPSA) is 81.2 Å². The summed E-state index contributed by atoms with van der Waals surface area (Å²) in [6.45, 7) is 2.50. The first-order chi connectivity index (χ1) is 11.2. The van der Waals surface area contributed by atoms with Crippen LogP contribution in [-0.4, -0.2) is 46.6 Å². The lowest BCUT2D eigenvalue weighted by atomic mass is 9.85. The molecule has 0 radical (unpaired) electrons. The number of rotatable bonds is 5. The summed E-state index contributed by atoms with van der Waals surface area (Å²) in [6, 6.07) is 3.70. The molecule has 1 aromatic rings. The Bertz CT molecular complexity index is 533. The molecule has 3 rings (SSSR count). The Morgan fingerprint density at radius 2 is 2.09 bits per heavy atom. The Morgan fingerprint density at radius 3 is 2.83 bits per heavy atom. The highest BCUT2D eigenvalue weighted by Crippen LogP contribution is 2.27. The van der Waals surface area contributed by atoms with Gasteiger partial charge in [0.25, 0.3) is 5.56 Å². The molecule has 2 fully saturated rings. The molecule has 0 bridgehead atoms. The molecule has 0 aromatic carbocycles. The van der Waals surface area contributed by atoms with Gasteiger partial charge in [-0.05, 0) is 38.2 Å². The van der Waals surface area contributed by atoms with Crippen molar-refractivity contribution in [2.75, 3.05) is 24.5 Å². The zero-order valence-electron chi connectivity index (χ0n) is 13.8. The van der Waals surface area contributed by atoms with Crippen LogP contribution in [0, 0.1) is 0 Å². The molecule has 6 heteroatoms. The summed E-state index contributed by atoms with van der Waals surface area (Å²) in [6.07, 6.45) is 8.83. The summed E-state index contributed by atoms with van der Waals surface area (Å²) in [5.74, 6) is 0.840. The van der Waals surface area contributed by atoms with Crippen molar-refractivity contribution in [3.63, 3.8) is 0 Å². The van der Waals surface area contributed by atoms with Gasteiger partial charge in [0.15, 0.2) is 0 Å². The summed E-state index contributed by atoms with van der Waals surface area (Å²) in [7, 11) is 0. The number of hydrogen-bond donors (Lipinski definition) is 3. The van der Waals surface area contributed by atoms with E-state index in [2.05, 4.69) is 20.4 Å². The van der Waals surface area contributed by atoms with Crippen LogP contribution in [0.5, 0.6) is 0 Å². The zero-order chi connectivity index (χ0) is 16.1. The van der Waals surface area contributed by atoms with Crippen molar-refractivity contribution < 1.29 is 5.11 Å². The number of nitrogens with one attached hydrogen (secondary N) is 2. The Hall–Kier alpha value is -1.40. The first kappa shape index (κ1) is 16.5. The second-order valence-electron chi connectivity index (χ2n) is 7.04. The minimum Gasteiger partial charge on any atom is -0.389 e. The number of aromatic nitrogens is 2. The van der Waals surface area contributed by atoms with Gasteiger partial charge in [0.05, 0.1) is 5.60 Å². The van der Waals surface area contributed by atoms with Crippen molar-refractivity contribution in [3.05, 3.63) is 22.5 Å². The van der Waals surface area contributed by atoms with E-state index in [1.54, 1.807) is 6.07 Å². The number of anilines is 1. The molecule has 1 unspecified atom stereocenters. The quantitative estimate of drug-likeness (QED) is 0.764. The van der Waals surface area contributed by atoms with Gasteiger partial charge in [-0.3, -0.25) is 4.79 Å². The summed E-state index contributed by atoms with van der Waals surface area (Å²) in [5.41, 5.74) is -0.687. The lowest BCUT2D eigenvalue weighted by molar-refractivity contribution is 0.00469. The molecule has 1 saturated carbocycles. The lowest BCUT2D eigenvalue weighted by Gasteiger charge is -2.38. The minimum atomic E-state index is -0.520. The maximum Gasteiger partial charge on any atom is 0.264 e. The van der Waals surface area contributed by atoms with Crippen LogP contribution < -0.4 is 15.8 Å². The van der Waals surface area contributed by atoms with Crippen LogP contribution in [0.2, 0.25) is 0 Å². The van der Waals surface area contributed by atoms with Crippen LogP contribution in [0.3, 0.4) is 0 Å². The number of aliphatic hydroxyl groups is 1. The van der Waals surface area contributed by atoms with Crippen LogP contribution in [-0.2, 0) is 0 Å². The summed E-state index contributed by atoms with van der Waals surface area (Å²) >= 11 is 0. The second-order valence-corrected chi connectivity index (χ2v) is 7.04. The molecule has 1 aliphatic heterocycles. The average Bonchev–Trinajstić information content (AvgIpc) is 2.57. The fraction of sp³-hybridized carbons (Fsp3) is 0.765. The van der Waals surface area contributed by atoms with Crippen LogP contribution in [0.25, 0.3) is 0 Å². The molecule has 1 saturated heterocycles. The number of nitrogens with zero attached hydrogens (tertiary/aromatic N) is 2. The average molecular weight is 320 g/mol. The van der Waals surface area contributed by atoms with Crippen LogP contribution >= 0.6 is 0 Å². The molecule has 1 aliphatic carbocycles. The van der Waals surface area contributed by atoms with Crippen molar-refractivity contribution >= 4 is 5.82 Å². The Labute approximate surface area is 137 Å². The molecule has 2 aliphatic rings. The SMILES string of the molecule is O=c1ccc(N2CCCCC2CNCC2(O)CCCCC2)n[nH]1. The highest BCUT2D eigenvalue weighted by molar-refractivity contribution is 5.38. The predicted molar refractivity (Wildman–Crippen MR) is 90.7 cm³/mol. The molecule has 0 spiro atoms. The second kappa shape index (κ2) is 7.45. The predicted octanol–water partition coefficient (Wildman–Crippen LogP) is 1.41. The van der Waals surface area contributed by atoms with E-state index in [0.29, 0.717) is 12.6 Å². The highest BCUT2D eigenvalue weighted by atomic mass is 16.3. The minimum absolute atomic E-state index is 0.167. The molecule has 1 aromatic heterocycles. The third-order valence-electron chi connectivity index (χ3n) is 5.20. The maximum absolute atomic E-state index is 11.2. The van der Waals surface area contributed by atoms with Gasteiger partial charge in [0, 0.05) is 31.7 Å². The standard InChI is InChI=1S/C17H28N4O2/c22-16-8-7-15(19-20-16)21-11-5-2-6-14(21)12-18-13-17(23)9-3-1-4-10-17/h7-8,14,18,23H,1-6,9-13H2,(H,20,22). The van der Waals surface area contributed by atoms with E-state index >= 15 is 0 Å². The number of piperidine rings is 1. The van der Waals surface area contributed by atoms with Crippen molar-refractivity contribution in [2.24, 2.45) is 0 Å². The smallest absolute Gasteiger partial charge is 0.264 e. The first-order valence-electron chi connectivity index (χ1n) is 8.92. The van der Waals surface area contributed by atoms with Crippen molar-refractivity contribution in [1.29, 1.82) is 0 Å². The van der Waals surface area contributed by atoms with Gasteiger partial charge in [0.2, 0.25) is 0 Å². The van der Waals surface area contributed by atoms with Crippen molar-refractivity contribution in [2.45, 2.75) is 63.0 Å². The van der Waals surface area contributed by atoms with E-state index in [9.17, 15) is 9.90 Å². The summed E-state index contributed by atoms with van der Waals surface area (Å²) < 4.78 is 0. The van der Waals surface area contributed by atoms with Gasteiger partial charge in [-0.15, -0.1) is 0 Å². The summed E-state index contributed by atoms with van der Waals surface area (Å²) in [4.78, 5) is 13.5. The van der Waals surface area contributed by atoms with E-state index in [1.807, 2.05) is 0 Å². The molecule has 0 amide bonds. The maximum atomic E-state index is 11.2. The van der Waals surface area contributed by atoms with Gasteiger partial charge in [-0.25, -0.2) is 5.10 Å². The van der Waals surface area contributed by atoms with E-state index in [1.165, 1.54) is 18.9 Å².